The van der Waals surface area contributed by atoms with Crippen LogP contribution < -0.4 is 5.32 Å². The first kappa shape index (κ1) is 15.0. The summed E-state index contributed by atoms with van der Waals surface area (Å²) in [5, 5.41) is 3.43. The summed E-state index contributed by atoms with van der Waals surface area (Å²) in [5.74, 6) is 0.324. The third-order valence-corrected chi connectivity index (χ3v) is 5.43. The van der Waals surface area contributed by atoms with Crippen molar-refractivity contribution in [3.05, 3.63) is 0 Å². The molecule has 1 N–H and O–H groups in total. The van der Waals surface area contributed by atoms with Gasteiger partial charge in [0.25, 0.3) is 0 Å². The Morgan fingerprint density at radius 3 is 2.29 bits per heavy atom. The molecule has 0 bridgehead atoms. The summed E-state index contributed by atoms with van der Waals surface area (Å²) in [6, 6.07) is 0.483. The third-order valence-electron chi connectivity index (χ3n) is 4.40. The Hall–Kier alpha value is -0.0900. The minimum Gasteiger partial charge on any atom is -0.316 e. The molecular formula is C13H27NO2S. The van der Waals surface area contributed by atoms with Crippen LogP contribution in [0.1, 0.15) is 51.9 Å². The second kappa shape index (κ2) is 6.19. The molecule has 0 spiro atoms. The van der Waals surface area contributed by atoms with Crippen molar-refractivity contribution in [1.82, 2.24) is 5.32 Å². The lowest BCUT2D eigenvalue weighted by molar-refractivity contribution is 0.184. The van der Waals surface area contributed by atoms with Gasteiger partial charge in [0, 0.05) is 18.1 Å². The Morgan fingerprint density at radius 1 is 1.29 bits per heavy atom. The van der Waals surface area contributed by atoms with Crippen LogP contribution in [0.25, 0.3) is 0 Å². The molecule has 1 fully saturated rings. The molecule has 0 aromatic carbocycles. The highest BCUT2D eigenvalue weighted by atomic mass is 32.2. The van der Waals surface area contributed by atoms with Gasteiger partial charge in [-0.3, -0.25) is 0 Å². The van der Waals surface area contributed by atoms with Gasteiger partial charge in [-0.1, -0.05) is 19.8 Å². The minimum absolute atomic E-state index is 0.324. The van der Waals surface area contributed by atoms with Crippen LogP contribution in [0, 0.1) is 5.41 Å². The van der Waals surface area contributed by atoms with Gasteiger partial charge in [0.15, 0.2) is 0 Å². The van der Waals surface area contributed by atoms with E-state index in [1.54, 1.807) is 0 Å². The van der Waals surface area contributed by atoms with Gasteiger partial charge >= 0.3 is 0 Å². The second-order valence-corrected chi connectivity index (χ2v) is 7.80. The van der Waals surface area contributed by atoms with E-state index in [1.807, 2.05) is 7.05 Å². The van der Waals surface area contributed by atoms with Crippen molar-refractivity contribution in [2.75, 3.05) is 19.1 Å². The molecule has 1 unspecified atom stereocenters. The van der Waals surface area contributed by atoms with Crippen molar-refractivity contribution < 1.29 is 8.42 Å². The normalized spacial score (nSPS) is 21.6. The summed E-state index contributed by atoms with van der Waals surface area (Å²) in [6.45, 7) is 2.27. The molecule has 4 heteroatoms. The minimum atomic E-state index is -2.81. The van der Waals surface area contributed by atoms with Gasteiger partial charge in [0.2, 0.25) is 0 Å². The topological polar surface area (TPSA) is 46.2 Å². The van der Waals surface area contributed by atoms with E-state index in [9.17, 15) is 8.42 Å². The molecule has 0 heterocycles. The van der Waals surface area contributed by atoms with Gasteiger partial charge in [-0.2, -0.15) is 0 Å². The monoisotopic (exact) mass is 261 g/mol. The molecule has 1 aliphatic rings. The van der Waals surface area contributed by atoms with E-state index < -0.39 is 9.84 Å². The Balaban J connectivity index is 2.52. The molecule has 0 amide bonds. The van der Waals surface area contributed by atoms with Crippen molar-refractivity contribution in [1.29, 1.82) is 0 Å². The zero-order chi connectivity index (χ0) is 12.9. The van der Waals surface area contributed by atoms with E-state index >= 15 is 0 Å². The smallest absolute Gasteiger partial charge is 0.147 e. The van der Waals surface area contributed by atoms with E-state index in [4.69, 9.17) is 0 Å². The lowest BCUT2D eigenvalue weighted by Crippen LogP contribution is -2.42. The maximum Gasteiger partial charge on any atom is 0.147 e. The fourth-order valence-electron chi connectivity index (χ4n) is 3.33. The molecule has 3 nitrogen and oxygen atoms in total. The number of hydrogen-bond acceptors (Lipinski definition) is 3. The fraction of sp³-hybridized carbons (Fsp3) is 1.00. The third kappa shape index (κ3) is 4.25. The highest BCUT2D eigenvalue weighted by molar-refractivity contribution is 7.90. The molecule has 1 rings (SSSR count). The van der Waals surface area contributed by atoms with Crippen LogP contribution in [0.3, 0.4) is 0 Å². The first-order chi connectivity index (χ1) is 7.93. The molecule has 0 aliphatic heterocycles. The summed E-state index contributed by atoms with van der Waals surface area (Å²) in [7, 11) is -0.791. The largest absolute Gasteiger partial charge is 0.316 e. The molecule has 0 aromatic heterocycles. The molecular weight excluding hydrogens is 234 g/mol. The molecule has 1 saturated carbocycles. The van der Waals surface area contributed by atoms with Crippen LogP contribution in [-0.2, 0) is 9.84 Å². The maximum atomic E-state index is 11.2. The van der Waals surface area contributed by atoms with Gasteiger partial charge in [-0.05, 0) is 44.6 Å². The quantitative estimate of drug-likeness (QED) is 0.765. The van der Waals surface area contributed by atoms with Crippen LogP contribution in [-0.4, -0.2) is 33.5 Å². The summed E-state index contributed by atoms with van der Waals surface area (Å²) < 4.78 is 22.3. The van der Waals surface area contributed by atoms with E-state index in [-0.39, 0.29) is 0 Å². The van der Waals surface area contributed by atoms with Crippen LogP contribution >= 0.6 is 0 Å². The van der Waals surface area contributed by atoms with Crippen molar-refractivity contribution in [2.24, 2.45) is 5.41 Å². The number of rotatable bonds is 7. The summed E-state index contributed by atoms with van der Waals surface area (Å²) in [5.41, 5.74) is 0.423. The number of hydrogen-bond donors (Lipinski definition) is 1. The van der Waals surface area contributed by atoms with Gasteiger partial charge < -0.3 is 5.32 Å². The van der Waals surface area contributed by atoms with E-state index in [1.165, 1.54) is 38.4 Å². The van der Waals surface area contributed by atoms with Crippen LogP contribution in [0.15, 0.2) is 0 Å². The molecule has 1 atom stereocenters. The second-order valence-electron chi connectivity index (χ2n) is 5.54. The molecule has 0 radical (unpaired) electrons. The Labute approximate surface area is 106 Å². The van der Waals surface area contributed by atoms with Crippen molar-refractivity contribution >= 4 is 9.84 Å². The van der Waals surface area contributed by atoms with Crippen LogP contribution in [0.5, 0.6) is 0 Å². The molecule has 102 valence electrons. The van der Waals surface area contributed by atoms with E-state index in [0.717, 1.165) is 12.8 Å². The lowest BCUT2D eigenvalue weighted by atomic mass is 9.74. The van der Waals surface area contributed by atoms with Gasteiger partial charge in [0.1, 0.15) is 9.84 Å². The van der Waals surface area contributed by atoms with Gasteiger partial charge in [-0.25, -0.2) is 8.42 Å². The Morgan fingerprint density at radius 2 is 1.88 bits per heavy atom. The predicted octanol–water partition coefficient (Wildman–Crippen LogP) is 2.37. The SMILES string of the molecule is CCC1(C(CCCS(C)(=O)=O)NC)CCCC1. The standard InChI is InChI=1S/C13H27NO2S/c1-4-13(9-5-6-10-13)12(14-2)8-7-11-17(3,15)16/h12,14H,4-11H2,1-3H3. The summed E-state index contributed by atoms with van der Waals surface area (Å²) in [6.07, 6.45) is 9.56. The summed E-state index contributed by atoms with van der Waals surface area (Å²) >= 11 is 0. The molecule has 17 heavy (non-hydrogen) atoms. The number of sulfone groups is 1. The average Bonchev–Trinajstić information content (AvgIpc) is 2.72. The average molecular weight is 261 g/mol. The van der Waals surface area contributed by atoms with Crippen molar-refractivity contribution in [3.8, 4) is 0 Å². The molecule has 0 saturated heterocycles. The highest BCUT2D eigenvalue weighted by Crippen LogP contribution is 2.44. The first-order valence-electron chi connectivity index (χ1n) is 6.78. The van der Waals surface area contributed by atoms with Crippen molar-refractivity contribution in [2.45, 2.75) is 57.9 Å². The van der Waals surface area contributed by atoms with E-state index in [2.05, 4.69) is 12.2 Å². The Bertz CT molecular complexity index is 318. The molecule has 1 aliphatic carbocycles. The maximum absolute atomic E-state index is 11.2. The first-order valence-corrected chi connectivity index (χ1v) is 8.84. The zero-order valence-electron chi connectivity index (χ0n) is 11.5. The lowest BCUT2D eigenvalue weighted by Gasteiger charge is -2.37. The summed E-state index contributed by atoms with van der Waals surface area (Å²) in [4.78, 5) is 0. The highest BCUT2D eigenvalue weighted by Gasteiger charge is 2.38. The molecule has 0 aromatic rings. The van der Waals surface area contributed by atoms with Gasteiger partial charge in [0.05, 0.1) is 0 Å². The predicted molar refractivity (Wildman–Crippen MR) is 73.0 cm³/mol. The van der Waals surface area contributed by atoms with Crippen LogP contribution in [0.4, 0.5) is 0 Å². The van der Waals surface area contributed by atoms with Crippen molar-refractivity contribution in [3.63, 3.8) is 0 Å². The Kier molecular flexibility index (Phi) is 5.45. The van der Waals surface area contributed by atoms with Crippen LogP contribution in [0.2, 0.25) is 0 Å². The van der Waals surface area contributed by atoms with E-state index in [0.29, 0.717) is 17.2 Å². The van der Waals surface area contributed by atoms with Gasteiger partial charge in [-0.15, -0.1) is 0 Å². The zero-order valence-corrected chi connectivity index (χ0v) is 12.3. The fourth-order valence-corrected chi connectivity index (χ4v) is 4.02. The number of nitrogens with one attached hydrogen (secondary N) is 1.